The number of aromatic nitrogens is 3. The smallest absolute Gasteiger partial charge is 0.300 e. The van der Waals surface area contributed by atoms with Gasteiger partial charge >= 0.3 is 5.76 Å². The monoisotopic (exact) mass is 529 g/mol. The number of fused-ring (bicyclic) bond motifs is 1. The highest BCUT2D eigenvalue weighted by molar-refractivity contribution is 9.10. The molecule has 2 heterocycles. The second-order valence-corrected chi connectivity index (χ2v) is 9.00. The third kappa shape index (κ3) is 4.28. The number of carbonyl (C=O) groups is 1. The van der Waals surface area contributed by atoms with Crippen LogP contribution in [0.25, 0.3) is 33.3 Å². The van der Waals surface area contributed by atoms with E-state index in [1.54, 1.807) is 29.7 Å². The number of hydrogen-bond donors (Lipinski definition) is 1. The molecular weight excluding hydrogens is 510 g/mol. The van der Waals surface area contributed by atoms with Gasteiger partial charge in [0.2, 0.25) is 0 Å². The Morgan fingerprint density at radius 2 is 1.71 bits per heavy atom. The van der Waals surface area contributed by atoms with E-state index in [1.165, 1.54) is 0 Å². The summed E-state index contributed by atoms with van der Waals surface area (Å²) in [6.45, 7) is 2.01. The zero-order valence-corrected chi connectivity index (χ0v) is 20.3. The highest BCUT2D eigenvalue weighted by atomic mass is 79.9. The summed E-state index contributed by atoms with van der Waals surface area (Å²) in [6, 6.07) is 22.4. The maximum absolute atomic E-state index is 13.7. The minimum atomic E-state index is -0.630. The Labute approximate surface area is 208 Å². The van der Waals surface area contributed by atoms with E-state index in [4.69, 9.17) is 0 Å². The van der Waals surface area contributed by atoms with E-state index in [0.29, 0.717) is 22.5 Å². The van der Waals surface area contributed by atoms with Gasteiger partial charge in [-0.1, -0.05) is 82.6 Å². The third-order valence-corrected chi connectivity index (χ3v) is 6.38. The molecule has 2 aromatic heterocycles. The number of hydrogen-bond acceptors (Lipinski definition) is 5. The lowest BCUT2D eigenvalue weighted by Gasteiger charge is -2.19. The van der Waals surface area contributed by atoms with Gasteiger partial charge in [-0.3, -0.25) is 23.7 Å². The highest BCUT2D eigenvalue weighted by Crippen LogP contribution is 2.33. The van der Waals surface area contributed by atoms with Crippen molar-refractivity contribution in [2.45, 2.75) is 19.9 Å². The quantitative estimate of drug-likeness (QED) is 0.296. The van der Waals surface area contributed by atoms with Crippen LogP contribution in [0, 0.1) is 0 Å². The molecule has 5 aromatic rings. The van der Waals surface area contributed by atoms with E-state index in [-0.39, 0.29) is 24.3 Å². The number of aromatic amines is 1. The van der Waals surface area contributed by atoms with Gasteiger partial charge < -0.3 is 0 Å². The van der Waals surface area contributed by atoms with E-state index in [1.807, 2.05) is 54.6 Å². The molecule has 0 saturated heterocycles. The molecule has 0 aliphatic carbocycles. The molecule has 8 heteroatoms. The molecule has 0 saturated carbocycles. The van der Waals surface area contributed by atoms with Gasteiger partial charge in [-0.05, 0) is 34.7 Å². The summed E-state index contributed by atoms with van der Waals surface area (Å²) in [4.78, 5) is 40.8. The van der Waals surface area contributed by atoms with E-state index in [2.05, 4.69) is 30.6 Å². The molecule has 0 unspecified atom stereocenters. The molecule has 0 aliphatic heterocycles. The van der Waals surface area contributed by atoms with Crippen molar-refractivity contribution in [2.24, 2.45) is 0 Å². The molecule has 0 fully saturated rings. The van der Waals surface area contributed by atoms with Crippen molar-refractivity contribution in [2.75, 3.05) is 0 Å². The van der Waals surface area contributed by atoms with Crippen LogP contribution in [0.2, 0.25) is 0 Å². The number of H-pyrrole nitrogens is 1. The van der Waals surface area contributed by atoms with Gasteiger partial charge in [-0.2, -0.15) is 0 Å². The molecule has 35 heavy (non-hydrogen) atoms. The normalized spacial score (nSPS) is 11.1. The van der Waals surface area contributed by atoms with Crippen LogP contribution in [0.4, 0.5) is 0 Å². The minimum absolute atomic E-state index is 0.111. The number of Topliss-reactive ketones (excluding diaryl/α,β-unsaturated/α-hetero) is 1. The fraction of sp³-hybridized carbons (Fsp3) is 0.111. The number of ketones is 1. The fourth-order valence-corrected chi connectivity index (χ4v) is 4.59. The zero-order chi connectivity index (χ0) is 24.5. The molecule has 0 atom stereocenters. The van der Waals surface area contributed by atoms with E-state index in [9.17, 15) is 14.4 Å². The Morgan fingerprint density at radius 3 is 2.37 bits per heavy atom. The summed E-state index contributed by atoms with van der Waals surface area (Å²) in [7, 11) is 0. The van der Waals surface area contributed by atoms with E-state index >= 15 is 0 Å². The van der Waals surface area contributed by atoms with E-state index in [0.717, 1.165) is 26.5 Å². The number of nitrogens with one attached hydrogen (secondary N) is 1. The van der Waals surface area contributed by atoms with Crippen LogP contribution in [0.3, 0.4) is 0 Å². The predicted octanol–water partition coefficient (Wildman–Crippen LogP) is 5.42. The van der Waals surface area contributed by atoms with Crippen LogP contribution in [0.15, 0.2) is 91.4 Å². The number of pyridine rings is 1. The summed E-state index contributed by atoms with van der Waals surface area (Å²) in [5.41, 5.74) is 3.26. The molecule has 7 nitrogen and oxygen atoms in total. The van der Waals surface area contributed by atoms with Crippen LogP contribution >= 0.6 is 15.9 Å². The average molecular weight is 530 g/mol. The zero-order valence-electron chi connectivity index (χ0n) is 18.7. The lowest BCUT2D eigenvalue weighted by Crippen LogP contribution is -2.28. The first-order valence-corrected chi connectivity index (χ1v) is 11.9. The molecule has 0 amide bonds. The Balaban J connectivity index is 1.72. The lowest BCUT2D eigenvalue weighted by atomic mass is 9.94. The molecule has 3 aromatic carbocycles. The van der Waals surface area contributed by atoms with Gasteiger partial charge in [0.25, 0.3) is 5.56 Å². The fourth-order valence-electron chi connectivity index (χ4n) is 4.23. The van der Waals surface area contributed by atoms with E-state index < -0.39 is 5.76 Å². The number of rotatable bonds is 6. The number of nitrogens with zero attached hydrogens (tertiary/aromatic N) is 2. The first kappa shape index (κ1) is 22.7. The molecule has 0 spiro atoms. The van der Waals surface area contributed by atoms with Gasteiger partial charge in [0.15, 0.2) is 11.6 Å². The molecule has 174 valence electrons. The number of halogens is 1. The van der Waals surface area contributed by atoms with Gasteiger partial charge in [0, 0.05) is 27.4 Å². The maximum Gasteiger partial charge on any atom is 0.439 e. The van der Waals surface area contributed by atoms with Gasteiger partial charge in [0.1, 0.15) is 0 Å². The number of benzene rings is 3. The predicted molar refractivity (Wildman–Crippen MR) is 138 cm³/mol. The molecule has 0 aliphatic rings. The van der Waals surface area contributed by atoms with Gasteiger partial charge in [-0.15, -0.1) is 0 Å². The third-order valence-electron chi connectivity index (χ3n) is 5.89. The lowest BCUT2D eigenvalue weighted by molar-refractivity contribution is 0.0979. The molecule has 0 bridgehead atoms. The van der Waals surface area contributed by atoms with Crippen molar-refractivity contribution in [1.29, 1.82) is 0 Å². The van der Waals surface area contributed by atoms with Crippen LogP contribution in [0.1, 0.15) is 29.4 Å². The maximum atomic E-state index is 13.7. The molecule has 5 rings (SSSR count). The Morgan fingerprint density at radius 1 is 0.971 bits per heavy atom. The Kier molecular flexibility index (Phi) is 6.05. The van der Waals surface area contributed by atoms with Crippen molar-refractivity contribution in [1.82, 2.24) is 14.7 Å². The standard InChI is InChI=1S/C27H20BrN3O4/c1-2-22(32)24-23(17-6-4-3-5-7-17)21-14-19(28)12-13-20(21)26(33)31(24)15-16-8-10-18(11-9-16)25-29-27(34)35-30-25/h3-14H,2,15H2,1H3,(H,29,30,34). The first-order chi connectivity index (χ1) is 17.0. The second-order valence-electron chi connectivity index (χ2n) is 8.09. The Hall–Kier alpha value is -4.04. The van der Waals surface area contributed by atoms with Crippen LogP contribution in [-0.2, 0) is 6.54 Å². The van der Waals surface area contributed by atoms with Gasteiger partial charge in [-0.25, -0.2) is 4.79 Å². The minimum Gasteiger partial charge on any atom is -0.300 e. The summed E-state index contributed by atoms with van der Waals surface area (Å²) in [5.74, 6) is -0.419. The summed E-state index contributed by atoms with van der Waals surface area (Å²) in [5, 5.41) is 4.97. The largest absolute Gasteiger partial charge is 0.439 e. The first-order valence-electron chi connectivity index (χ1n) is 11.1. The second kappa shape index (κ2) is 9.31. The molecular formula is C27H20BrN3O4. The average Bonchev–Trinajstić information content (AvgIpc) is 3.32. The topological polar surface area (TPSA) is 98.0 Å². The van der Waals surface area contributed by atoms with Gasteiger partial charge in [0.05, 0.1) is 12.2 Å². The molecule has 1 N–H and O–H groups in total. The Bertz CT molecular complexity index is 1670. The van der Waals surface area contributed by atoms with Crippen molar-refractivity contribution < 1.29 is 9.32 Å². The van der Waals surface area contributed by atoms with Crippen molar-refractivity contribution in [3.05, 3.63) is 109 Å². The summed E-state index contributed by atoms with van der Waals surface area (Å²) >= 11 is 3.51. The van der Waals surface area contributed by atoms with Crippen molar-refractivity contribution in [3.8, 4) is 22.5 Å². The van der Waals surface area contributed by atoms with Crippen molar-refractivity contribution >= 4 is 32.5 Å². The van der Waals surface area contributed by atoms with Crippen LogP contribution < -0.4 is 11.3 Å². The van der Waals surface area contributed by atoms with Crippen LogP contribution in [0.5, 0.6) is 0 Å². The van der Waals surface area contributed by atoms with Crippen molar-refractivity contribution in [3.63, 3.8) is 0 Å². The van der Waals surface area contributed by atoms with Crippen LogP contribution in [-0.4, -0.2) is 20.5 Å². The highest BCUT2D eigenvalue weighted by Gasteiger charge is 2.22. The number of carbonyl (C=O) groups excluding carboxylic acids is 1. The summed E-state index contributed by atoms with van der Waals surface area (Å²) < 4.78 is 6.97. The molecule has 0 radical (unpaired) electrons. The SMILES string of the molecule is CCC(=O)c1c(-c2ccccc2)c2cc(Br)ccc2c(=O)n1Cc1ccc(-c2noc(=O)[nH]2)cc1. The summed E-state index contributed by atoms with van der Waals surface area (Å²) in [6.07, 6.45) is 0.261.